The first-order chi connectivity index (χ1) is 14.1. The molecule has 0 aliphatic heterocycles. The van der Waals surface area contributed by atoms with Crippen LogP contribution in [-0.4, -0.2) is 21.2 Å². The molecule has 148 valence electrons. The number of aromatic nitrogens is 3. The highest BCUT2D eigenvalue weighted by Crippen LogP contribution is 2.34. The van der Waals surface area contributed by atoms with E-state index in [1.165, 1.54) is 12.6 Å². The van der Waals surface area contributed by atoms with Crippen LogP contribution in [0.2, 0.25) is 0 Å². The number of hydrogen-bond acceptors (Lipinski definition) is 5. The summed E-state index contributed by atoms with van der Waals surface area (Å²) in [4.78, 5) is 13.2. The van der Waals surface area contributed by atoms with Gasteiger partial charge in [-0.1, -0.05) is 39.3 Å². The lowest BCUT2D eigenvalue weighted by Crippen LogP contribution is -1.90. The fraction of sp³-hybridized carbons (Fsp3) is 0.250. The van der Waals surface area contributed by atoms with Crippen molar-refractivity contribution >= 4 is 44.2 Å². The first-order valence-electron chi connectivity index (χ1n) is 9.82. The van der Waals surface area contributed by atoms with E-state index < -0.39 is 0 Å². The summed E-state index contributed by atoms with van der Waals surface area (Å²) in [5, 5.41) is 10.7. The van der Waals surface area contributed by atoms with Crippen LogP contribution in [0, 0.1) is 11.3 Å². The van der Waals surface area contributed by atoms with Gasteiger partial charge in [0, 0.05) is 34.3 Å². The highest BCUT2D eigenvalue weighted by Gasteiger charge is 2.11. The summed E-state index contributed by atoms with van der Waals surface area (Å²) >= 11 is 1.68. The minimum absolute atomic E-state index is 0.820. The van der Waals surface area contributed by atoms with Crippen LogP contribution < -0.4 is 0 Å². The highest BCUT2D eigenvalue weighted by atomic mass is 32.1. The number of nitrogens with zero attached hydrogens (tertiary/aromatic N) is 3. The first kappa shape index (κ1) is 20.8. The predicted octanol–water partition coefficient (Wildman–Crippen LogP) is 7.01. The lowest BCUT2D eigenvalue weighted by atomic mass is 10.0. The number of fused-ring (bicyclic) bond motifs is 2. The average Bonchev–Trinajstić information content (AvgIpc) is 3.18. The monoisotopic (exact) mass is 402 g/mol. The van der Waals surface area contributed by atoms with Gasteiger partial charge in [0.2, 0.25) is 0 Å². The minimum Gasteiger partial charge on any atom is -0.308 e. The second-order valence-corrected chi connectivity index (χ2v) is 8.09. The van der Waals surface area contributed by atoms with Gasteiger partial charge in [-0.05, 0) is 42.7 Å². The van der Waals surface area contributed by atoms with E-state index in [1.54, 1.807) is 17.7 Å². The number of nitrogens with one attached hydrogen (secondary N) is 1. The van der Waals surface area contributed by atoms with Gasteiger partial charge >= 0.3 is 0 Å². The molecule has 5 heteroatoms. The molecular formula is C24H26N4S. The Hall–Kier alpha value is -2.92. The Balaban J connectivity index is 0.000000431. The number of pyridine rings is 1. The lowest BCUT2D eigenvalue weighted by molar-refractivity contribution is 0.626. The molecule has 4 nitrogen and oxygen atoms in total. The van der Waals surface area contributed by atoms with Crippen LogP contribution in [-0.2, 0) is 0 Å². The van der Waals surface area contributed by atoms with Crippen molar-refractivity contribution in [2.75, 3.05) is 0 Å². The summed E-state index contributed by atoms with van der Waals surface area (Å²) in [6.07, 6.45) is 7.94. The smallest absolute Gasteiger partial charge is 0.116 e. The van der Waals surface area contributed by atoms with E-state index in [0.29, 0.717) is 0 Å². The number of hydrogen-bond donors (Lipinski definition) is 1. The van der Waals surface area contributed by atoms with Gasteiger partial charge in [-0.3, -0.25) is 0 Å². The normalized spacial score (nSPS) is 11.6. The highest BCUT2D eigenvalue weighted by molar-refractivity contribution is 7.17. The third kappa shape index (κ3) is 4.74. The van der Waals surface area contributed by atoms with Crippen molar-refractivity contribution in [3.63, 3.8) is 0 Å². The van der Waals surface area contributed by atoms with Crippen LogP contribution >= 0.6 is 11.3 Å². The van der Waals surface area contributed by atoms with Gasteiger partial charge < -0.3 is 5.41 Å². The molecule has 1 N–H and O–H groups in total. The van der Waals surface area contributed by atoms with E-state index in [9.17, 15) is 0 Å². The van der Waals surface area contributed by atoms with Crippen molar-refractivity contribution in [2.24, 2.45) is 5.92 Å². The topological polar surface area (TPSA) is 62.5 Å². The van der Waals surface area contributed by atoms with Crippen molar-refractivity contribution in [3.05, 3.63) is 60.0 Å². The molecule has 0 fully saturated rings. The maximum atomic E-state index is 7.53. The van der Waals surface area contributed by atoms with Gasteiger partial charge in [0.05, 0.1) is 21.4 Å². The first-order valence-corrected chi connectivity index (χ1v) is 10.7. The number of benzene rings is 1. The van der Waals surface area contributed by atoms with E-state index in [-0.39, 0.29) is 0 Å². The van der Waals surface area contributed by atoms with Crippen LogP contribution in [0.15, 0.2) is 54.3 Å². The molecule has 0 radical (unpaired) electrons. The summed E-state index contributed by atoms with van der Waals surface area (Å²) in [6, 6.07) is 10.2. The zero-order chi connectivity index (χ0) is 20.8. The van der Waals surface area contributed by atoms with Crippen molar-refractivity contribution in [1.82, 2.24) is 15.0 Å². The van der Waals surface area contributed by atoms with E-state index >= 15 is 0 Å². The molecule has 3 aromatic heterocycles. The van der Waals surface area contributed by atoms with Gasteiger partial charge in [0.25, 0.3) is 0 Å². The average molecular weight is 403 g/mol. The third-order valence-corrected chi connectivity index (χ3v) is 5.75. The van der Waals surface area contributed by atoms with Gasteiger partial charge in [0.15, 0.2) is 0 Å². The molecule has 0 aliphatic rings. The molecule has 0 saturated heterocycles. The van der Waals surface area contributed by atoms with Gasteiger partial charge in [0.1, 0.15) is 6.33 Å². The SMILES string of the molecule is C/C=C(\C=N)c1ccc2scc(-c3ccc4ncncc4c3)c2n1.CCC(C)C. The van der Waals surface area contributed by atoms with Gasteiger partial charge in [-0.25, -0.2) is 15.0 Å². The fourth-order valence-corrected chi connectivity index (χ4v) is 3.64. The Morgan fingerprint density at radius 3 is 2.69 bits per heavy atom. The maximum absolute atomic E-state index is 7.53. The molecule has 0 bridgehead atoms. The minimum atomic E-state index is 0.820. The molecule has 1 aromatic carbocycles. The second kappa shape index (κ2) is 9.52. The maximum Gasteiger partial charge on any atom is 0.116 e. The summed E-state index contributed by atoms with van der Waals surface area (Å²) in [7, 11) is 0. The molecule has 0 saturated carbocycles. The Labute approximate surface area is 175 Å². The molecule has 0 aliphatic carbocycles. The van der Waals surface area contributed by atoms with Crippen LogP contribution in [0.25, 0.3) is 37.8 Å². The summed E-state index contributed by atoms with van der Waals surface area (Å²) in [6.45, 7) is 8.56. The van der Waals surface area contributed by atoms with Crippen molar-refractivity contribution in [2.45, 2.75) is 34.1 Å². The van der Waals surface area contributed by atoms with E-state index in [2.05, 4.69) is 54.3 Å². The molecule has 4 aromatic rings. The van der Waals surface area contributed by atoms with Crippen molar-refractivity contribution in [1.29, 1.82) is 5.41 Å². The Kier molecular flexibility index (Phi) is 6.83. The summed E-state index contributed by atoms with van der Waals surface area (Å²) in [5.74, 6) is 0.884. The van der Waals surface area contributed by atoms with Crippen molar-refractivity contribution in [3.8, 4) is 11.1 Å². The second-order valence-electron chi connectivity index (χ2n) is 7.18. The predicted molar refractivity (Wildman–Crippen MR) is 126 cm³/mol. The van der Waals surface area contributed by atoms with Gasteiger partial charge in [-0.15, -0.1) is 11.3 Å². The summed E-state index contributed by atoms with van der Waals surface area (Å²) < 4.78 is 1.14. The summed E-state index contributed by atoms with van der Waals surface area (Å²) in [5.41, 5.74) is 5.75. The van der Waals surface area contributed by atoms with Crippen LogP contribution in [0.5, 0.6) is 0 Å². The quantitative estimate of drug-likeness (QED) is 0.373. The Bertz CT molecular complexity index is 1160. The van der Waals surface area contributed by atoms with Crippen molar-refractivity contribution < 1.29 is 0 Å². The standard InChI is InChI=1S/C19H14N4S.C5H12/c1-2-12(8-20)17-5-6-18-19(23-17)15(10-24-18)13-3-4-16-14(7-13)9-21-11-22-16;1-4-5(2)3/h2-11,20H,1H3;5H,4H2,1-3H3/b12-2+,20-8?;. The molecule has 0 amide bonds. The van der Waals surface area contributed by atoms with E-state index in [0.717, 1.165) is 49.4 Å². The Morgan fingerprint density at radius 1 is 1.21 bits per heavy atom. The zero-order valence-corrected chi connectivity index (χ0v) is 18.1. The van der Waals surface area contributed by atoms with E-state index in [1.807, 2.05) is 31.3 Å². The van der Waals surface area contributed by atoms with Crippen LogP contribution in [0.1, 0.15) is 39.8 Å². The molecule has 3 heterocycles. The molecule has 0 unspecified atom stereocenters. The third-order valence-electron chi connectivity index (χ3n) is 4.81. The lowest BCUT2D eigenvalue weighted by Gasteiger charge is -2.04. The molecule has 0 spiro atoms. The fourth-order valence-electron chi connectivity index (χ4n) is 2.74. The Morgan fingerprint density at radius 2 is 2.00 bits per heavy atom. The van der Waals surface area contributed by atoms with Gasteiger partial charge in [-0.2, -0.15) is 0 Å². The largest absolute Gasteiger partial charge is 0.308 e. The molecule has 4 rings (SSSR count). The molecular weight excluding hydrogens is 376 g/mol. The van der Waals surface area contributed by atoms with Crippen LogP contribution in [0.3, 0.4) is 0 Å². The number of allylic oxidation sites excluding steroid dienone is 2. The van der Waals surface area contributed by atoms with E-state index in [4.69, 9.17) is 10.4 Å². The van der Waals surface area contributed by atoms with Crippen LogP contribution in [0.4, 0.5) is 0 Å². The zero-order valence-electron chi connectivity index (χ0n) is 17.3. The molecule has 0 atom stereocenters. The number of thiophene rings is 1. The number of rotatable bonds is 4. The molecule has 29 heavy (non-hydrogen) atoms.